The van der Waals surface area contributed by atoms with Crippen LogP contribution in [0.3, 0.4) is 0 Å². The summed E-state index contributed by atoms with van der Waals surface area (Å²) in [6.07, 6.45) is 0.832. The molecule has 1 saturated heterocycles. The Balaban J connectivity index is 1.73. The molecule has 0 aliphatic carbocycles. The van der Waals surface area contributed by atoms with Crippen LogP contribution in [-0.4, -0.2) is 35.9 Å². The number of ether oxygens (including phenoxy) is 2. The minimum absolute atomic E-state index is 0.0594. The molecule has 3 nitrogen and oxygen atoms in total. The lowest BCUT2D eigenvalue weighted by Crippen LogP contribution is -2.44. The number of nitrogens with zero attached hydrogens (tertiary/aromatic N) is 1. The summed E-state index contributed by atoms with van der Waals surface area (Å²) < 4.78 is 12.9. The Morgan fingerprint density at radius 2 is 1.33 bits per heavy atom. The smallest absolute Gasteiger partial charge is 0.259 e. The maximum atomic E-state index is 6.84. The van der Waals surface area contributed by atoms with Crippen molar-refractivity contribution in [2.45, 2.75) is 25.0 Å². The fourth-order valence-electron chi connectivity index (χ4n) is 4.06. The third-order valence-corrected chi connectivity index (χ3v) is 6.01. The SMILES string of the molecule is CCN1CC[C@@H](COC(c2ccccc2)(c2ccccc2)c2ccccc2)OC1=S. The van der Waals surface area contributed by atoms with Crippen molar-refractivity contribution < 1.29 is 9.47 Å². The first-order valence-electron chi connectivity index (χ1n) is 10.5. The van der Waals surface area contributed by atoms with Crippen LogP contribution in [-0.2, 0) is 15.1 Å². The van der Waals surface area contributed by atoms with Gasteiger partial charge in [0.15, 0.2) is 0 Å². The number of thiocarbonyl (C=S) groups is 1. The largest absolute Gasteiger partial charge is 0.465 e. The van der Waals surface area contributed by atoms with Crippen LogP contribution in [0.15, 0.2) is 91.0 Å². The van der Waals surface area contributed by atoms with E-state index in [4.69, 9.17) is 21.7 Å². The van der Waals surface area contributed by atoms with Crippen LogP contribution in [0.2, 0.25) is 0 Å². The van der Waals surface area contributed by atoms with Crippen LogP contribution in [0.5, 0.6) is 0 Å². The van der Waals surface area contributed by atoms with Gasteiger partial charge in [0, 0.05) is 19.5 Å². The van der Waals surface area contributed by atoms with E-state index in [1.807, 2.05) is 18.2 Å². The maximum absolute atomic E-state index is 6.84. The summed E-state index contributed by atoms with van der Waals surface area (Å²) in [5, 5.41) is 0.571. The summed E-state index contributed by atoms with van der Waals surface area (Å²) in [6.45, 7) is 4.32. The van der Waals surface area contributed by atoms with Gasteiger partial charge in [0.1, 0.15) is 11.7 Å². The molecule has 1 fully saturated rings. The number of rotatable bonds is 7. The van der Waals surface area contributed by atoms with Crippen molar-refractivity contribution in [1.82, 2.24) is 4.90 Å². The quantitative estimate of drug-likeness (QED) is 0.379. The van der Waals surface area contributed by atoms with Crippen molar-refractivity contribution in [3.05, 3.63) is 108 Å². The van der Waals surface area contributed by atoms with Crippen molar-refractivity contribution in [2.24, 2.45) is 0 Å². The molecule has 1 aliphatic heterocycles. The lowest BCUT2D eigenvalue weighted by atomic mass is 9.80. The average molecular weight is 418 g/mol. The highest BCUT2D eigenvalue weighted by Gasteiger charge is 2.38. The van der Waals surface area contributed by atoms with Gasteiger partial charge in [-0.1, -0.05) is 91.0 Å². The summed E-state index contributed by atoms with van der Waals surface area (Å²) in [5.74, 6) is 0. The fourth-order valence-corrected chi connectivity index (χ4v) is 4.41. The molecule has 1 heterocycles. The zero-order valence-electron chi connectivity index (χ0n) is 17.2. The molecule has 1 atom stereocenters. The molecule has 0 radical (unpaired) electrons. The molecule has 0 bridgehead atoms. The zero-order valence-corrected chi connectivity index (χ0v) is 18.1. The van der Waals surface area contributed by atoms with Gasteiger partial charge >= 0.3 is 0 Å². The van der Waals surface area contributed by atoms with Crippen molar-refractivity contribution in [3.8, 4) is 0 Å². The van der Waals surface area contributed by atoms with Crippen LogP contribution in [0.25, 0.3) is 0 Å². The molecule has 0 saturated carbocycles. The summed E-state index contributed by atoms with van der Waals surface area (Å²) in [7, 11) is 0. The van der Waals surface area contributed by atoms with E-state index in [0.717, 1.165) is 36.2 Å². The van der Waals surface area contributed by atoms with Crippen molar-refractivity contribution in [1.29, 1.82) is 0 Å². The lowest BCUT2D eigenvalue weighted by Gasteiger charge is -2.39. The molecule has 30 heavy (non-hydrogen) atoms. The van der Waals surface area contributed by atoms with Crippen LogP contribution >= 0.6 is 12.2 Å². The van der Waals surface area contributed by atoms with Crippen molar-refractivity contribution in [3.63, 3.8) is 0 Å². The molecule has 3 aromatic carbocycles. The van der Waals surface area contributed by atoms with Crippen LogP contribution in [0.1, 0.15) is 30.0 Å². The van der Waals surface area contributed by atoms with Gasteiger partial charge in [0.25, 0.3) is 5.17 Å². The van der Waals surface area contributed by atoms with Crippen LogP contribution < -0.4 is 0 Å². The third-order valence-electron chi connectivity index (χ3n) is 5.66. The summed E-state index contributed by atoms with van der Waals surface area (Å²) in [5.41, 5.74) is 2.55. The molecule has 0 N–H and O–H groups in total. The number of hydrogen-bond donors (Lipinski definition) is 0. The molecule has 3 aromatic rings. The Kier molecular flexibility index (Phi) is 6.46. The standard InChI is InChI=1S/C26H27NO2S/c1-2-27-19-18-24(29-25(27)30)20-28-26(21-12-6-3-7-13-21,22-14-8-4-9-15-22)23-16-10-5-11-17-23/h3-17,24H,2,18-20H2,1H3/t24-/m0/s1. The second kappa shape index (κ2) is 9.41. The molecule has 0 unspecified atom stereocenters. The Bertz CT molecular complexity index is 850. The van der Waals surface area contributed by atoms with E-state index in [0.29, 0.717) is 11.8 Å². The van der Waals surface area contributed by atoms with E-state index in [-0.39, 0.29) is 6.10 Å². The summed E-state index contributed by atoms with van der Waals surface area (Å²) >= 11 is 5.44. The van der Waals surface area contributed by atoms with E-state index in [9.17, 15) is 0 Å². The Morgan fingerprint density at radius 1 is 0.867 bits per heavy atom. The first-order valence-corrected chi connectivity index (χ1v) is 10.9. The lowest BCUT2D eigenvalue weighted by molar-refractivity contribution is -0.0475. The monoisotopic (exact) mass is 417 g/mol. The normalized spacial score (nSPS) is 16.9. The minimum Gasteiger partial charge on any atom is -0.465 e. The minimum atomic E-state index is -0.726. The van der Waals surface area contributed by atoms with E-state index >= 15 is 0 Å². The molecule has 0 aromatic heterocycles. The average Bonchev–Trinajstić information content (AvgIpc) is 2.82. The van der Waals surface area contributed by atoms with Gasteiger partial charge in [-0.3, -0.25) is 0 Å². The van der Waals surface area contributed by atoms with Gasteiger partial charge in [-0.05, 0) is 35.8 Å². The molecule has 154 valence electrons. The fraction of sp³-hybridized carbons (Fsp3) is 0.269. The van der Waals surface area contributed by atoms with Gasteiger partial charge in [-0.2, -0.15) is 0 Å². The van der Waals surface area contributed by atoms with Gasteiger partial charge in [0.05, 0.1) is 6.61 Å². The van der Waals surface area contributed by atoms with Gasteiger partial charge in [-0.15, -0.1) is 0 Å². The van der Waals surface area contributed by atoms with Crippen molar-refractivity contribution >= 4 is 17.4 Å². The van der Waals surface area contributed by atoms with E-state index in [1.165, 1.54) is 0 Å². The van der Waals surface area contributed by atoms with E-state index in [2.05, 4.69) is 84.6 Å². The van der Waals surface area contributed by atoms with Crippen molar-refractivity contribution in [2.75, 3.05) is 19.7 Å². The molecule has 1 aliphatic rings. The summed E-state index contributed by atoms with van der Waals surface area (Å²) in [4.78, 5) is 2.09. The Hall–Kier alpha value is -2.69. The predicted molar refractivity (Wildman–Crippen MR) is 124 cm³/mol. The molecular formula is C26H27NO2S. The second-order valence-corrected chi connectivity index (χ2v) is 7.81. The topological polar surface area (TPSA) is 21.7 Å². The Morgan fingerprint density at radius 3 is 1.73 bits per heavy atom. The highest BCUT2D eigenvalue weighted by Crippen LogP contribution is 2.40. The van der Waals surface area contributed by atoms with Gasteiger partial charge in [0.2, 0.25) is 0 Å². The summed E-state index contributed by atoms with van der Waals surface area (Å²) in [6, 6.07) is 31.2. The van der Waals surface area contributed by atoms with E-state index < -0.39 is 5.60 Å². The third kappa shape index (κ3) is 4.11. The molecule has 0 amide bonds. The van der Waals surface area contributed by atoms with Gasteiger partial charge in [-0.25, -0.2) is 0 Å². The Labute approximate surface area is 184 Å². The number of benzene rings is 3. The molecular weight excluding hydrogens is 390 g/mol. The molecule has 4 rings (SSSR count). The predicted octanol–water partition coefficient (Wildman–Crippen LogP) is 5.39. The van der Waals surface area contributed by atoms with E-state index in [1.54, 1.807) is 0 Å². The first kappa shape index (κ1) is 20.6. The molecule has 0 spiro atoms. The van der Waals surface area contributed by atoms with Crippen LogP contribution in [0, 0.1) is 0 Å². The maximum Gasteiger partial charge on any atom is 0.259 e. The number of hydrogen-bond acceptors (Lipinski definition) is 3. The highest BCUT2D eigenvalue weighted by atomic mass is 32.1. The molecule has 4 heteroatoms. The highest BCUT2D eigenvalue weighted by molar-refractivity contribution is 7.80. The second-order valence-electron chi connectivity index (χ2n) is 7.46. The van der Waals surface area contributed by atoms with Gasteiger partial charge < -0.3 is 14.4 Å². The first-order chi connectivity index (χ1) is 14.7. The van der Waals surface area contributed by atoms with Crippen LogP contribution in [0.4, 0.5) is 0 Å². The zero-order chi connectivity index (χ0) is 20.8.